The number of hydrogen-bond donors (Lipinski definition) is 1. The second kappa shape index (κ2) is 7.68. The highest BCUT2D eigenvalue weighted by molar-refractivity contribution is 5.94. The van der Waals surface area contributed by atoms with Crippen LogP contribution in [0.4, 0.5) is 26.3 Å². The predicted octanol–water partition coefficient (Wildman–Crippen LogP) is 2.98. The molecule has 1 unspecified atom stereocenters. The van der Waals surface area contributed by atoms with Crippen LogP contribution < -0.4 is 5.32 Å². The van der Waals surface area contributed by atoms with Crippen LogP contribution in [0, 0.1) is 0 Å². The number of alkyl halides is 6. The monoisotopic (exact) mass is 431 g/mol. The fourth-order valence-electron chi connectivity index (χ4n) is 2.44. The molecule has 0 saturated carbocycles. The van der Waals surface area contributed by atoms with Crippen LogP contribution in [0.25, 0.3) is 5.95 Å². The van der Waals surface area contributed by atoms with E-state index in [-0.39, 0.29) is 17.8 Å². The molecule has 0 spiro atoms. The molecule has 1 atom stereocenters. The van der Waals surface area contributed by atoms with Crippen LogP contribution in [-0.4, -0.2) is 36.1 Å². The number of rotatable bonds is 4. The van der Waals surface area contributed by atoms with Crippen molar-refractivity contribution >= 4 is 5.91 Å². The molecule has 0 bridgehead atoms. The molecule has 2 aromatic heterocycles. The maximum atomic E-state index is 13.0. The van der Waals surface area contributed by atoms with Gasteiger partial charge < -0.3 is 5.32 Å². The van der Waals surface area contributed by atoms with Gasteiger partial charge in [-0.3, -0.25) is 4.79 Å². The number of carbonyl (C=O) groups is 1. The quantitative estimate of drug-likeness (QED) is 0.638. The third-order valence-corrected chi connectivity index (χ3v) is 3.82. The van der Waals surface area contributed by atoms with Crippen LogP contribution in [-0.2, 0) is 12.4 Å². The Morgan fingerprint density at radius 1 is 1.00 bits per heavy atom. The first kappa shape index (κ1) is 21.1. The zero-order valence-corrected chi connectivity index (χ0v) is 14.9. The molecule has 30 heavy (non-hydrogen) atoms. The zero-order chi connectivity index (χ0) is 22.1. The summed E-state index contributed by atoms with van der Waals surface area (Å²) in [6.07, 6.45) is -7.34. The summed E-state index contributed by atoms with van der Waals surface area (Å²) >= 11 is 0. The number of carbonyl (C=O) groups excluding carboxylic acids is 1. The highest BCUT2D eigenvalue weighted by Crippen LogP contribution is 2.36. The van der Waals surface area contributed by atoms with Gasteiger partial charge in [-0.15, -0.1) is 5.10 Å². The topological polar surface area (TPSA) is 98.5 Å². The molecule has 1 amide bonds. The molecule has 0 aliphatic rings. The van der Waals surface area contributed by atoms with Crippen LogP contribution in [0.3, 0.4) is 0 Å². The first-order valence-corrected chi connectivity index (χ1v) is 8.13. The third-order valence-electron chi connectivity index (χ3n) is 3.82. The Hall–Kier alpha value is -3.58. The zero-order valence-electron chi connectivity index (χ0n) is 14.9. The van der Waals surface area contributed by atoms with Crippen molar-refractivity contribution in [3.8, 4) is 5.95 Å². The normalized spacial score (nSPS) is 13.2. The molecule has 0 fully saturated rings. The van der Waals surface area contributed by atoms with Gasteiger partial charge in [-0.1, -0.05) is 0 Å². The van der Waals surface area contributed by atoms with E-state index in [0.717, 1.165) is 4.68 Å². The lowest BCUT2D eigenvalue weighted by Gasteiger charge is -2.16. The first-order chi connectivity index (χ1) is 14.0. The first-order valence-electron chi connectivity index (χ1n) is 8.13. The molecule has 0 saturated heterocycles. The molecule has 0 aliphatic carbocycles. The van der Waals surface area contributed by atoms with Crippen molar-refractivity contribution in [2.45, 2.75) is 25.3 Å². The molecule has 158 valence electrons. The van der Waals surface area contributed by atoms with Gasteiger partial charge in [0.2, 0.25) is 0 Å². The van der Waals surface area contributed by atoms with Gasteiger partial charge in [0.25, 0.3) is 11.9 Å². The summed E-state index contributed by atoms with van der Waals surface area (Å²) in [6, 6.07) is 1.14. The minimum atomic E-state index is -5.07. The van der Waals surface area contributed by atoms with E-state index in [2.05, 4.69) is 30.8 Å². The molecule has 0 aliphatic heterocycles. The van der Waals surface area contributed by atoms with Gasteiger partial charge in [0.05, 0.1) is 17.2 Å². The highest BCUT2D eigenvalue weighted by Gasteiger charge is 2.37. The standard InChI is InChI=1S/C16H11F6N7O/c1-8(12-26-27-28-29(12)14-23-3-2-4-24-14)25-13(30)9-5-10(15(17,18)19)7-11(6-9)16(20,21)22/h2-8H,1H3,(H,25,30). The highest BCUT2D eigenvalue weighted by atomic mass is 19.4. The van der Waals surface area contributed by atoms with E-state index in [9.17, 15) is 31.1 Å². The number of aromatic nitrogens is 6. The second-order valence-electron chi connectivity index (χ2n) is 5.99. The Bertz CT molecular complexity index is 1020. The Balaban J connectivity index is 1.91. The molecular weight excluding hydrogens is 420 g/mol. The largest absolute Gasteiger partial charge is 0.416 e. The SMILES string of the molecule is CC(NC(=O)c1cc(C(F)(F)F)cc(C(F)(F)F)c1)c1nnnn1-c1ncccn1. The van der Waals surface area contributed by atoms with Crippen LogP contribution in [0.2, 0.25) is 0 Å². The van der Waals surface area contributed by atoms with E-state index >= 15 is 0 Å². The van der Waals surface area contributed by atoms with Crippen molar-refractivity contribution in [3.05, 3.63) is 59.2 Å². The van der Waals surface area contributed by atoms with E-state index < -0.39 is 41.0 Å². The van der Waals surface area contributed by atoms with Gasteiger partial charge in [-0.05, 0) is 41.6 Å². The average molecular weight is 431 g/mol. The third kappa shape index (κ3) is 4.52. The Morgan fingerprint density at radius 2 is 1.57 bits per heavy atom. The van der Waals surface area contributed by atoms with Crippen molar-refractivity contribution in [3.63, 3.8) is 0 Å². The average Bonchev–Trinajstić information content (AvgIpc) is 3.17. The number of benzene rings is 1. The van der Waals surface area contributed by atoms with Crippen molar-refractivity contribution in [1.82, 2.24) is 35.5 Å². The second-order valence-corrected chi connectivity index (χ2v) is 5.99. The van der Waals surface area contributed by atoms with Crippen molar-refractivity contribution < 1.29 is 31.1 Å². The summed E-state index contributed by atoms with van der Waals surface area (Å²) < 4.78 is 79.0. The summed E-state index contributed by atoms with van der Waals surface area (Å²) in [5.74, 6) is -1.11. The molecule has 3 aromatic rings. The van der Waals surface area contributed by atoms with Crippen LogP contribution >= 0.6 is 0 Å². The summed E-state index contributed by atoms with van der Waals surface area (Å²) in [6.45, 7) is 1.39. The smallest absolute Gasteiger partial charge is 0.342 e. The molecule has 14 heteroatoms. The van der Waals surface area contributed by atoms with E-state index in [1.807, 2.05) is 0 Å². The minimum Gasteiger partial charge on any atom is -0.342 e. The summed E-state index contributed by atoms with van der Waals surface area (Å²) in [7, 11) is 0. The summed E-state index contributed by atoms with van der Waals surface area (Å²) in [5.41, 5.74) is -4.02. The van der Waals surface area contributed by atoms with Gasteiger partial charge >= 0.3 is 12.4 Å². The van der Waals surface area contributed by atoms with Gasteiger partial charge in [-0.2, -0.15) is 31.0 Å². The number of tetrazole rings is 1. The van der Waals surface area contributed by atoms with Crippen LogP contribution in [0.5, 0.6) is 0 Å². The molecule has 3 rings (SSSR count). The van der Waals surface area contributed by atoms with Crippen molar-refractivity contribution in [2.24, 2.45) is 0 Å². The Kier molecular flexibility index (Phi) is 5.41. The molecule has 0 radical (unpaired) electrons. The number of nitrogens with zero attached hydrogens (tertiary/aromatic N) is 6. The number of nitrogens with one attached hydrogen (secondary N) is 1. The van der Waals surface area contributed by atoms with Crippen molar-refractivity contribution in [2.75, 3.05) is 0 Å². The summed E-state index contributed by atoms with van der Waals surface area (Å²) in [4.78, 5) is 20.3. The number of hydrogen-bond acceptors (Lipinski definition) is 6. The molecule has 1 N–H and O–H groups in total. The maximum absolute atomic E-state index is 13.0. The molecule has 2 heterocycles. The Morgan fingerprint density at radius 3 is 2.10 bits per heavy atom. The maximum Gasteiger partial charge on any atom is 0.416 e. The summed E-state index contributed by atoms with van der Waals surface area (Å²) in [5, 5.41) is 13.1. The molecule has 8 nitrogen and oxygen atoms in total. The number of amides is 1. The molecule has 1 aromatic carbocycles. The number of halogens is 6. The van der Waals surface area contributed by atoms with Gasteiger partial charge in [0.1, 0.15) is 0 Å². The van der Waals surface area contributed by atoms with Gasteiger partial charge in [0.15, 0.2) is 5.82 Å². The van der Waals surface area contributed by atoms with E-state index in [1.165, 1.54) is 25.4 Å². The van der Waals surface area contributed by atoms with E-state index in [1.54, 1.807) is 0 Å². The lowest BCUT2D eigenvalue weighted by Crippen LogP contribution is -2.29. The lowest BCUT2D eigenvalue weighted by atomic mass is 10.0. The predicted molar refractivity (Wildman–Crippen MR) is 87.1 cm³/mol. The van der Waals surface area contributed by atoms with Crippen molar-refractivity contribution in [1.29, 1.82) is 0 Å². The van der Waals surface area contributed by atoms with Crippen LogP contribution in [0.15, 0.2) is 36.7 Å². The Labute approximate surface area is 163 Å². The van der Waals surface area contributed by atoms with Gasteiger partial charge in [-0.25, -0.2) is 9.97 Å². The van der Waals surface area contributed by atoms with Crippen LogP contribution in [0.1, 0.15) is 40.3 Å². The minimum absolute atomic E-state index is 0.0116. The van der Waals surface area contributed by atoms with Gasteiger partial charge in [0, 0.05) is 18.0 Å². The van der Waals surface area contributed by atoms with E-state index in [0.29, 0.717) is 12.1 Å². The fourth-order valence-corrected chi connectivity index (χ4v) is 2.44. The van der Waals surface area contributed by atoms with E-state index in [4.69, 9.17) is 0 Å². The fraction of sp³-hybridized carbons (Fsp3) is 0.250. The molecular formula is C16H11F6N7O. The lowest BCUT2D eigenvalue weighted by molar-refractivity contribution is -0.143.